The van der Waals surface area contributed by atoms with Gasteiger partial charge in [0.2, 0.25) is 0 Å². The number of hydrogen-bond donors (Lipinski definition) is 2. The van der Waals surface area contributed by atoms with E-state index in [9.17, 15) is 4.79 Å². The van der Waals surface area contributed by atoms with Crippen LogP contribution in [0, 0.1) is 0 Å². The fourth-order valence-electron chi connectivity index (χ4n) is 3.04. The van der Waals surface area contributed by atoms with E-state index in [1.54, 1.807) is 12.3 Å². The van der Waals surface area contributed by atoms with Gasteiger partial charge in [-0.15, -0.1) is 6.58 Å². The van der Waals surface area contributed by atoms with Gasteiger partial charge < -0.3 is 0 Å². The Kier molecular flexibility index (Phi) is 11.7. The second-order valence-corrected chi connectivity index (χ2v) is 7.93. The molecular weight excluding hydrogens is 432 g/mol. The van der Waals surface area contributed by atoms with Crippen molar-refractivity contribution in [3.63, 3.8) is 0 Å². The first-order valence-corrected chi connectivity index (χ1v) is 11.9. The summed E-state index contributed by atoms with van der Waals surface area (Å²) in [5.74, 6) is -0.261. The van der Waals surface area contributed by atoms with E-state index in [0.717, 1.165) is 33.5 Å². The van der Waals surface area contributed by atoms with Crippen LogP contribution in [-0.4, -0.2) is 28.9 Å². The van der Waals surface area contributed by atoms with E-state index in [1.165, 1.54) is 37.4 Å². The lowest BCUT2D eigenvalue weighted by atomic mass is 10.1. The van der Waals surface area contributed by atoms with Crippen molar-refractivity contribution < 1.29 is 9.63 Å². The van der Waals surface area contributed by atoms with Crippen LogP contribution in [0.5, 0.6) is 0 Å². The van der Waals surface area contributed by atoms with Gasteiger partial charge in [0.05, 0.1) is 24.4 Å². The van der Waals surface area contributed by atoms with Gasteiger partial charge in [-0.05, 0) is 43.5 Å². The van der Waals surface area contributed by atoms with Crippen LogP contribution >= 0.6 is 11.8 Å². The van der Waals surface area contributed by atoms with Crippen LogP contribution in [-0.2, 0) is 4.84 Å². The molecule has 1 aromatic heterocycles. The normalized spacial score (nSPS) is 12.4. The van der Waals surface area contributed by atoms with Crippen LogP contribution in [0.25, 0.3) is 10.9 Å². The summed E-state index contributed by atoms with van der Waals surface area (Å²) in [6.07, 6.45) is 12.2. The molecule has 6 nitrogen and oxygen atoms in total. The number of rotatable bonds is 6. The van der Waals surface area contributed by atoms with Crippen LogP contribution in [0.15, 0.2) is 88.4 Å². The van der Waals surface area contributed by atoms with E-state index in [-0.39, 0.29) is 5.91 Å². The Hall–Kier alpha value is -3.16. The van der Waals surface area contributed by atoms with Gasteiger partial charge in [-0.2, -0.15) is 5.10 Å². The van der Waals surface area contributed by atoms with E-state index < -0.39 is 0 Å². The van der Waals surface area contributed by atoms with Crippen molar-refractivity contribution in [3.05, 3.63) is 79.2 Å². The quantitative estimate of drug-likeness (QED) is 0.313. The van der Waals surface area contributed by atoms with Crippen molar-refractivity contribution in [2.45, 2.75) is 49.3 Å². The molecule has 0 atom stereocenters. The molecule has 0 fully saturated rings. The molecule has 0 unspecified atom stereocenters. The molecule has 0 saturated heterocycles. The average Bonchev–Trinajstić information content (AvgIpc) is 3.16. The maximum atomic E-state index is 12.0. The molecule has 7 heteroatoms. The number of H-pyrrole nitrogens is 1. The predicted octanol–water partition coefficient (Wildman–Crippen LogP) is 6.73. The smallest absolute Gasteiger partial charge is 0.275 e. The molecule has 1 aliphatic rings. The van der Waals surface area contributed by atoms with Gasteiger partial charge in [0.15, 0.2) is 0 Å². The van der Waals surface area contributed by atoms with Crippen molar-refractivity contribution >= 4 is 34.3 Å². The summed E-state index contributed by atoms with van der Waals surface area (Å²) < 4.78 is 0. The Balaban J connectivity index is 0.000000270. The summed E-state index contributed by atoms with van der Waals surface area (Å²) in [7, 11) is 1.42. The van der Waals surface area contributed by atoms with Crippen LogP contribution < -0.4 is 5.48 Å². The fraction of sp³-hybridized carbons (Fsp3) is 0.269. The highest BCUT2D eigenvalue weighted by atomic mass is 32.2. The lowest BCUT2D eigenvalue weighted by Crippen LogP contribution is -2.22. The molecular formula is C26H32N4O2S. The van der Waals surface area contributed by atoms with Crippen LogP contribution in [0.2, 0.25) is 0 Å². The molecule has 33 heavy (non-hydrogen) atoms. The summed E-state index contributed by atoms with van der Waals surface area (Å²) in [6.45, 7) is 7.68. The molecule has 0 saturated carbocycles. The molecule has 0 spiro atoms. The second kappa shape index (κ2) is 14.8. The van der Waals surface area contributed by atoms with Crippen LogP contribution in [0.3, 0.4) is 0 Å². The molecule has 4 rings (SSSR count). The molecule has 0 radical (unpaired) electrons. The largest absolute Gasteiger partial charge is 0.278 e. The standard InChI is InChI=1S/C15H13N3O2S.C9H13N.C2H6/c1-20-18-15(19)12-4-2-3-5-14(12)21-11-7-6-10-9-16-17-13(10)8-11;1-2-6-9-7-4-3-5-8-10-9;1-2/h2-9H,1H3,(H,16,17)(H,18,19);2,5,8H,1,3-4,6-7H2;1-2H3. The third kappa shape index (κ3) is 8.36. The molecule has 3 aromatic rings. The second-order valence-electron chi connectivity index (χ2n) is 6.82. The molecule has 0 bridgehead atoms. The summed E-state index contributed by atoms with van der Waals surface area (Å²) in [4.78, 5) is 22.8. The molecule has 0 aliphatic carbocycles. The van der Waals surface area contributed by atoms with Gasteiger partial charge in [0, 0.05) is 33.5 Å². The number of fused-ring (bicyclic) bond motifs is 1. The average molecular weight is 465 g/mol. The number of allylic oxidation sites excluding steroid dienone is 2. The lowest BCUT2D eigenvalue weighted by molar-refractivity contribution is 0.0534. The Morgan fingerprint density at radius 3 is 2.88 bits per heavy atom. The Morgan fingerprint density at radius 1 is 1.27 bits per heavy atom. The number of nitrogens with one attached hydrogen (secondary N) is 2. The monoisotopic (exact) mass is 464 g/mol. The van der Waals surface area contributed by atoms with Crippen LogP contribution in [0.1, 0.15) is 49.9 Å². The number of carbonyl (C=O) groups excluding carboxylic acids is 1. The minimum absolute atomic E-state index is 0.261. The molecule has 2 heterocycles. The Labute approximate surface area is 200 Å². The third-order valence-electron chi connectivity index (χ3n) is 4.55. The number of amides is 1. The highest BCUT2D eigenvalue weighted by Gasteiger charge is 2.12. The first kappa shape index (κ1) is 26.1. The Morgan fingerprint density at radius 2 is 2.09 bits per heavy atom. The number of aliphatic imine (C=N–C) groups is 1. The highest BCUT2D eigenvalue weighted by molar-refractivity contribution is 7.99. The summed E-state index contributed by atoms with van der Waals surface area (Å²) >= 11 is 1.52. The van der Waals surface area contributed by atoms with Crippen molar-refractivity contribution in [1.29, 1.82) is 0 Å². The number of benzene rings is 2. The van der Waals surface area contributed by atoms with E-state index >= 15 is 0 Å². The van der Waals surface area contributed by atoms with Gasteiger partial charge in [-0.1, -0.05) is 56.0 Å². The zero-order valence-corrected chi connectivity index (χ0v) is 20.3. The number of aromatic nitrogens is 2. The van der Waals surface area contributed by atoms with Gasteiger partial charge >= 0.3 is 0 Å². The van der Waals surface area contributed by atoms with Gasteiger partial charge in [-0.25, -0.2) is 5.48 Å². The summed E-state index contributed by atoms with van der Waals surface area (Å²) in [6, 6.07) is 13.4. The third-order valence-corrected chi connectivity index (χ3v) is 5.61. The zero-order valence-electron chi connectivity index (χ0n) is 19.5. The van der Waals surface area contributed by atoms with E-state index in [1.807, 2.05) is 62.5 Å². The van der Waals surface area contributed by atoms with Crippen molar-refractivity contribution in [2.24, 2.45) is 4.99 Å². The Bertz CT molecular complexity index is 1090. The lowest BCUT2D eigenvalue weighted by Gasteiger charge is -2.08. The molecule has 1 aliphatic heterocycles. The maximum absolute atomic E-state index is 12.0. The van der Waals surface area contributed by atoms with Gasteiger partial charge in [0.1, 0.15) is 0 Å². The molecule has 2 N–H and O–H groups in total. The maximum Gasteiger partial charge on any atom is 0.275 e. The first-order chi connectivity index (χ1) is 16.2. The summed E-state index contributed by atoms with van der Waals surface area (Å²) in [5.41, 5.74) is 5.16. The van der Waals surface area contributed by atoms with Gasteiger partial charge in [-0.3, -0.25) is 19.7 Å². The fourth-order valence-corrected chi connectivity index (χ4v) is 4.02. The number of hydrogen-bond acceptors (Lipinski definition) is 5. The zero-order chi connectivity index (χ0) is 23.9. The SMILES string of the molecule is C=CCC1=NC=CCCC1.CC.CONC(=O)c1ccccc1Sc1ccc2cn[nH]c2c1. The van der Waals surface area contributed by atoms with E-state index in [4.69, 9.17) is 0 Å². The number of hydroxylamine groups is 1. The number of nitrogens with zero attached hydrogens (tertiary/aromatic N) is 2. The molecule has 1 amide bonds. The minimum atomic E-state index is -0.261. The molecule has 174 valence electrons. The van der Waals surface area contributed by atoms with Crippen molar-refractivity contribution in [3.8, 4) is 0 Å². The topological polar surface area (TPSA) is 79.4 Å². The van der Waals surface area contributed by atoms with E-state index in [2.05, 4.69) is 38.2 Å². The van der Waals surface area contributed by atoms with E-state index in [0.29, 0.717) is 5.56 Å². The van der Waals surface area contributed by atoms with Crippen LogP contribution in [0.4, 0.5) is 0 Å². The van der Waals surface area contributed by atoms with Crippen molar-refractivity contribution in [2.75, 3.05) is 7.11 Å². The number of carbonyl (C=O) groups is 1. The predicted molar refractivity (Wildman–Crippen MR) is 138 cm³/mol. The first-order valence-electron chi connectivity index (χ1n) is 11.1. The summed E-state index contributed by atoms with van der Waals surface area (Å²) in [5, 5.41) is 8.01. The molecule has 2 aromatic carbocycles. The van der Waals surface area contributed by atoms with Crippen molar-refractivity contribution in [1.82, 2.24) is 15.7 Å². The number of aromatic amines is 1. The minimum Gasteiger partial charge on any atom is -0.278 e. The highest BCUT2D eigenvalue weighted by Crippen LogP contribution is 2.32. The van der Waals surface area contributed by atoms with Gasteiger partial charge in [0.25, 0.3) is 5.91 Å².